The van der Waals surface area contributed by atoms with Crippen molar-refractivity contribution in [2.75, 3.05) is 0 Å². The van der Waals surface area contributed by atoms with Crippen molar-refractivity contribution in [3.8, 4) is 0 Å². The fourth-order valence-electron chi connectivity index (χ4n) is 0.746. The minimum absolute atomic E-state index is 0.302. The molecule has 0 aliphatic carbocycles. The summed E-state index contributed by atoms with van der Waals surface area (Å²) in [5.41, 5.74) is 0.806. The number of hydrogen-bond donors (Lipinski definition) is 0. The van der Waals surface area contributed by atoms with Crippen LogP contribution in [0.3, 0.4) is 0 Å². The molecule has 1 heterocycles. The van der Waals surface area contributed by atoms with Gasteiger partial charge in [-0.05, 0) is 18.1 Å². The maximum absolute atomic E-state index is 12.4. The molecule has 1 aromatic rings. The summed E-state index contributed by atoms with van der Waals surface area (Å²) in [5, 5.41) is 0. The molecule has 0 aromatic carbocycles. The van der Waals surface area contributed by atoms with Crippen LogP contribution < -0.4 is 0 Å². The van der Waals surface area contributed by atoms with Gasteiger partial charge in [0.2, 0.25) is 5.95 Å². The van der Waals surface area contributed by atoms with E-state index in [0.717, 1.165) is 5.69 Å². The molecule has 1 nitrogen and oxygen atoms in total. The molecule has 1 aromatic heterocycles. The molecule has 0 radical (unpaired) electrons. The highest BCUT2D eigenvalue weighted by Gasteiger charge is 1.99. The average molecular weight is 138 g/mol. The Morgan fingerprint density at radius 3 is 2.50 bits per heavy atom. The standard InChI is InChI=1S/C8H10FN/c1-6(2)7-4-3-5-8(9)10-7/h3-6H,1-2H3/i9-1. The van der Waals surface area contributed by atoms with Gasteiger partial charge in [0, 0.05) is 5.69 Å². The van der Waals surface area contributed by atoms with Crippen LogP contribution >= 0.6 is 0 Å². The van der Waals surface area contributed by atoms with Gasteiger partial charge in [-0.1, -0.05) is 19.9 Å². The summed E-state index contributed by atoms with van der Waals surface area (Å²) < 4.78 is 12.4. The zero-order chi connectivity index (χ0) is 7.56. The smallest absolute Gasteiger partial charge is 0.213 e. The second-order valence-corrected chi connectivity index (χ2v) is 2.54. The highest BCUT2D eigenvalue weighted by atomic mass is 18.2. The third-order valence-electron chi connectivity index (χ3n) is 1.33. The maximum atomic E-state index is 12.4. The summed E-state index contributed by atoms with van der Waals surface area (Å²) in [4.78, 5) is 3.71. The van der Waals surface area contributed by atoms with Crippen LogP contribution in [-0.2, 0) is 0 Å². The van der Waals surface area contributed by atoms with Gasteiger partial charge >= 0.3 is 0 Å². The summed E-state index contributed by atoms with van der Waals surface area (Å²) >= 11 is 0. The van der Waals surface area contributed by atoms with Gasteiger partial charge in [0.05, 0.1) is 0 Å². The van der Waals surface area contributed by atoms with Crippen molar-refractivity contribution in [3.05, 3.63) is 29.8 Å². The summed E-state index contributed by atoms with van der Waals surface area (Å²) in [6.45, 7) is 3.98. The Hall–Kier alpha value is -0.920. The van der Waals surface area contributed by atoms with E-state index in [4.69, 9.17) is 0 Å². The van der Waals surface area contributed by atoms with Crippen molar-refractivity contribution in [1.29, 1.82) is 0 Å². The second kappa shape index (κ2) is 2.78. The second-order valence-electron chi connectivity index (χ2n) is 2.54. The molecule has 0 spiro atoms. The average Bonchev–Trinajstić information content (AvgIpc) is 1.88. The molecule has 0 bridgehead atoms. The molecule has 0 amide bonds. The van der Waals surface area contributed by atoms with Crippen molar-refractivity contribution >= 4 is 0 Å². The molecule has 0 N–H and O–H groups in total. The van der Waals surface area contributed by atoms with Crippen molar-refractivity contribution in [3.63, 3.8) is 0 Å². The Balaban J connectivity index is 2.96. The van der Waals surface area contributed by atoms with E-state index < -0.39 is 5.95 Å². The van der Waals surface area contributed by atoms with E-state index in [-0.39, 0.29) is 0 Å². The third kappa shape index (κ3) is 1.53. The van der Waals surface area contributed by atoms with Crippen LogP contribution in [0.5, 0.6) is 0 Å². The molecule has 2 heteroatoms. The van der Waals surface area contributed by atoms with Crippen molar-refractivity contribution in [2.45, 2.75) is 19.8 Å². The Morgan fingerprint density at radius 2 is 2.10 bits per heavy atom. The van der Waals surface area contributed by atoms with E-state index in [2.05, 4.69) is 4.98 Å². The van der Waals surface area contributed by atoms with Crippen molar-refractivity contribution < 1.29 is 4.39 Å². The third-order valence-corrected chi connectivity index (χ3v) is 1.33. The maximum Gasteiger partial charge on any atom is 0.213 e. The summed E-state index contributed by atoms with van der Waals surface area (Å²) in [7, 11) is 0. The lowest BCUT2D eigenvalue weighted by Crippen LogP contribution is -1.93. The molecule has 0 saturated carbocycles. The molecule has 0 fully saturated rings. The first-order chi connectivity index (χ1) is 4.70. The minimum Gasteiger partial charge on any atom is -0.225 e. The molecule has 0 atom stereocenters. The van der Waals surface area contributed by atoms with Crippen molar-refractivity contribution in [2.24, 2.45) is 0 Å². The van der Waals surface area contributed by atoms with Gasteiger partial charge in [-0.15, -0.1) is 0 Å². The molecule has 10 heavy (non-hydrogen) atoms. The molecule has 0 aliphatic heterocycles. The van der Waals surface area contributed by atoms with Crippen molar-refractivity contribution in [1.82, 2.24) is 4.98 Å². The predicted octanol–water partition coefficient (Wildman–Crippen LogP) is 2.34. The van der Waals surface area contributed by atoms with E-state index in [1.165, 1.54) is 6.07 Å². The topological polar surface area (TPSA) is 12.9 Å². The molecular formula is C8H10FN. The van der Waals surface area contributed by atoms with Gasteiger partial charge in [-0.25, -0.2) is 4.98 Å². The minimum atomic E-state index is -0.397. The SMILES string of the molecule is CC(C)c1cccc([18F])n1. The van der Waals surface area contributed by atoms with E-state index in [1.54, 1.807) is 6.07 Å². The highest BCUT2D eigenvalue weighted by molar-refractivity contribution is 5.07. The molecule has 0 aliphatic rings. The van der Waals surface area contributed by atoms with Crippen LogP contribution in [0.1, 0.15) is 25.5 Å². The number of aromatic nitrogens is 1. The van der Waals surface area contributed by atoms with Crippen LogP contribution in [-0.4, -0.2) is 4.98 Å². The Kier molecular flexibility index (Phi) is 2.00. The van der Waals surface area contributed by atoms with Crippen LogP contribution in [0.15, 0.2) is 18.2 Å². The highest BCUT2D eigenvalue weighted by Crippen LogP contribution is 2.10. The van der Waals surface area contributed by atoms with E-state index in [1.807, 2.05) is 19.9 Å². The quantitative estimate of drug-likeness (QED) is 0.543. The number of nitrogens with zero attached hydrogens (tertiary/aromatic N) is 1. The first kappa shape index (κ1) is 7.19. The first-order valence-corrected chi connectivity index (χ1v) is 3.32. The zero-order valence-electron chi connectivity index (χ0n) is 6.13. The Labute approximate surface area is 59.9 Å². The van der Waals surface area contributed by atoms with Gasteiger partial charge in [-0.3, -0.25) is 0 Å². The lowest BCUT2D eigenvalue weighted by Gasteiger charge is -2.01. The van der Waals surface area contributed by atoms with Crippen LogP contribution in [0, 0.1) is 5.95 Å². The van der Waals surface area contributed by atoms with Gasteiger partial charge in [-0.2, -0.15) is 4.39 Å². The van der Waals surface area contributed by atoms with E-state index >= 15 is 0 Å². The summed E-state index contributed by atoms with van der Waals surface area (Å²) in [5.74, 6) is -0.0955. The fourth-order valence-corrected chi connectivity index (χ4v) is 0.746. The largest absolute Gasteiger partial charge is 0.225 e. The van der Waals surface area contributed by atoms with Gasteiger partial charge in [0.1, 0.15) is 0 Å². The normalized spacial score (nSPS) is 10.4. The molecular weight excluding hydrogens is 128 g/mol. The Bertz CT molecular complexity index is 220. The summed E-state index contributed by atoms with van der Waals surface area (Å²) in [6.07, 6.45) is 0. The first-order valence-electron chi connectivity index (χ1n) is 3.32. The number of pyridine rings is 1. The van der Waals surface area contributed by atoms with E-state index in [0.29, 0.717) is 5.92 Å². The predicted molar refractivity (Wildman–Crippen MR) is 38.3 cm³/mol. The molecule has 0 unspecified atom stereocenters. The van der Waals surface area contributed by atoms with Crippen LogP contribution in [0.25, 0.3) is 0 Å². The van der Waals surface area contributed by atoms with Crippen LogP contribution in [0.2, 0.25) is 0 Å². The lowest BCUT2D eigenvalue weighted by molar-refractivity contribution is 0.571. The molecule has 0 saturated heterocycles. The zero-order valence-corrected chi connectivity index (χ0v) is 6.13. The fraction of sp³-hybridized carbons (Fsp3) is 0.375. The van der Waals surface area contributed by atoms with Gasteiger partial charge in [0.15, 0.2) is 0 Å². The van der Waals surface area contributed by atoms with E-state index in [9.17, 15) is 4.39 Å². The van der Waals surface area contributed by atoms with Gasteiger partial charge < -0.3 is 0 Å². The molecule has 54 valence electrons. The number of hydrogen-bond acceptors (Lipinski definition) is 1. The number of halogens is 1. The molecule has 1 rings (SSSR count). The number of rotatable bonds is 1. The van der Waals surface area contributed by atoms with Gasteiger partial charge in [0.25, 0.3) is 0 Å². The monoisotopic (exact) mass is 138 g/mol. The van der Waals surface area contributed by atoms with Crippen LogP contribution in [0.4, 0.5) is 4.39 Å². The Morgan fingerprint density at radius 1 is 1.40 bits per heavy atom. The lowest BCUT2D eigenvalue weighted by atomic mass is 10.1. The summed E-state index contributed by atoms with van der Waals surface area (Å²) in [6, 6.07) is 4.86.